The summed E-state index contributed by atoms with van der Waals surface area (Å²) in [5.74, 6) is 0.295. The van der Waals surface area contributed by atoms with Crippen LogP contribution in [0.3, 0.4) is 0 Å². The van der Waals surface area contributed by atoms with Crippen LogP contribution < -0.4 is 5.32 Å². The van der Waals surface area contributed by atoms with Crippen molar-refractivity contribution in [2.45, 2.75) is 38.6 Å². The Kier molecular flexibility index (Phi) is 4.43. The molecule has 0 unspecified atom stereocenters. The van der Waals surface area contributed by atoms with Crippen LogP contribution in [0.25, 0.3) is 0 Å². The molecule has 0 spiro atoms. The van der Waals surface area contributed by atoms with E-state index < -0.39 is 0 Å². The van der Waals surface area contributed by atoms with Crippen molar-refractivity contribution in [2.24, 2.45) is 0 Å². The van der Waals surface area contributed by atoms with E-state index >= 15 is 0 Å². The predicted molar refractivity (Wildman–Crippen MR) is 70.3 cm³/mol. The Labute approximate surface area is 112 Å². The zero-order chi connectivity index (χ0) is 13.7. The van der Waals surface area contributed by atoms with E-state index in [4.69, 9.17) is 0 Å². The lowest BCUT2D eigenvalue weighted by Gasteiger charge is -2.23. The number of hydrogen-bond acceptors (Lipinski definition) is 4. The molecule has 102 valence electrons. The van der Waals surface area contributed by atoms with Crippen LogP contribution in [0.5, 0.6) is 0 Å². The zero-order valence-electron chi connectivity index (χ0n) is 11.0. The molecule has 2 amide bonds. The number of hydrogen-bond donors (Lipinski definition) is 1. The molecule has 1 aliphatic heterocycles. The third-order valence-corrected chi connectivity index (χ3v) is 3.15. The van der Waals surface area contributed by atoms with Crippen molar-refractivity contribution in [3.05, 3.63) is 18.6 Å². The van der Waals surface area contributed by atoms with Crippen LogP contribution in [0.1, 0.15) is 32.6 Å². The number of rotatable bonds is 4. The molecule has 0 aromatic carbocycles. The first-order valence-electron chi connectivity index (χ1n) is 6.58. The smallest absolute Gasteiger partial charge is 0.248 e. The van der Waals surface area contributed by atoms with E-state index in [0.29, 0.717) is 25.2 Å². The summed E-state index contributed by atoms with van der Waals surface area (Å²) >= 11 is 0. The highest BCUT2D eigenvalue weighted by molar-refractivity contribution is 5.96. The van der Waals surface area contributed by atoms with Gasteiger partial charge in [0.2, 0.25) is 11.8 Å². The molecule has 2 heterocycles. The molecule has 1 aromatic heterocycles. The lowest BCUT2D eigenvalue weighted by molar-refractivity contribution is -0.136. The van der Waals surface area contributed by atoms with E-state index in [9.17, 15) is 9.59 Å². The van der Waals surface area contributed by atoms with Crippen LogP contribution in [0.4, 0.5) is 5.82 Å². The van der Waals surface area contributed by atoms with Crippen LogP contribution in [-0.4, -0.2) is 39.3 Å². The normalized spacial score (nSPS) is 18.4. The van der Waals surface area contributed by atoms with Gasteiger partial charge in [0.25, 0.3) is 0 Å². The Morgan fingerprint density at radius 3 is 3.00 bits per heavy atom. The SMILES string of the molecule is CCCC(=O)N1CCC[C@H]1C(=O)Nc1cnccn1. The Morgan fingerprint density at radius 2 is 2.32 bits per heavy atom. The highest BCUT2D eigenvalue weighted by Gasteiger charge is 2.33. The monoisotopic (exact) mass is 262 g/mol. The summed E-state index contributed by atoms with van der Waals surface area (Å²) in [6.45, 7) is 2.62. The number of aromatic nitrogens is 2. The first-order valence-corrected chi connectivity index (χ1v) is 6.58. The van der Waals surface area contributed by atoms with E-state index in [2.05, 4.69) is 15.3 Å². The average Bonchev–Trinajstić information content (AvgIpc) is 2.89. The lowest BCUT2D eigenvalue weighted by atomic mass is 10.2. The fraction of sp³-hybridized carbons (Fsp3) is 0.538. The van der Waals surface area contributed by atoms with E-state index in [0.717, 1.165) is 12.8 Å². The van der Waals surface area contributed by atoms with Crippen molar-refractivity contribution in [1.82, 2.24) is 14.9 Å². The van der Waals surface area contributed by atoms with Crippen LogP contribution in [0.2, 0.25) is 0 Å². The second-order valence-corrected chi connectivity index (χ2v) is 4.58. The quantitative estimate of drug-likeness (QED) is 0.884. The van der Waals surface area contributed by atoms with Gasteiger partial charge in [-0.25, -0.2) is 4.98 Å². The lowest BCUT2D eigenvalue weighted by Crippen LogP contribution is -2.43. The summed E-state index contributed by atoms with van der Waals surface area (Å²) in [5.41, 5.74) is 0. The van der Waals surface area contributed by atoms with Gasteiger partial charge in [0, 0.05) is 25.4 Å². The summed E-state index contributed by atoms with van der Waals surface area (Å²) in [4.78, 5) is 33.7. The molecule has 0 radical (unpaired) electrons. The first-order chi connectivity index (χ1) is 9.22. The maximum atomic E-state index is 12.2. The molecule has 6 nitrogen and oxygen atoms in total. The standard InChI is InChI=1S/C13H18N4O2/c1-2-4-12(18)17-8-3-5-10(17)13(19)16-11-9-14-6-7-15-11/h6-7,9-10H,2-5,8H2,1H3,(H,15,16,19)/t10-/m0/s1. The van der Waals surface area contributed by atoms with Gasteiger partial charge in [-0.15, -0.1) is 0 Å². The van der Waals surface area contributed by atoms with Gasteiger partial charge in [0.1, 0.15) is 6.04 Å². The van der Waals surface area contributed by atoms with Crippen molar-refractivity contribution in [2.75, 3.05) is 11.9 Å². The van der Waals surface area contributed by atoms with E-state index in [1.165, 1.54) is 12.4 Å². The van der Waals surface area contributed by atoms with Gasteiger partial charge in [-0.1, -0.05) is 6.92 Å². The number of carbonyl (C=O) groups excluding carboxylic acids is 2. The fourth-order valence-electron chi connectivity index (χ4n) is 2.27. The molecule has 0 aliphatic carbocycles. The Balaban J connectivity index is 2.00. The molecule has 0 saturated carbocycles. The molecule has 6 heteroatoms. The van der Waals surface area contributed by atoms with E-state index in [-0.39, 0.29) is 17.9 Å². The Bertz CT molecular complexity index is 449. The van der Waals surface area contributed by atoms with Crippen molar-refractivity contribution >= 4 is 17.6 Å². The molecular formula is C13H18N4O2. The average molecular weight is 262 g/mol. The van der Waals surface area contributed by atoms with Gasteiger partial charge in [0.15, 0.2) is 5.82 Å². The second kappa shape index (κ2) is 6.26. The molecule has 19 heavy (non-hydrogen) atoms. The minimum Gasteiger partial charge on any atom is -0.331 e. The minimum absolute atomic E-state index is 0.0549. The van der Waals surface area contributed by atoms with E-state index in [1.807, 2.05) is 6.92 Å². The molecule has 0 bridgehead atoms. The predicted octanol–water partition coefficient (Wildman–Crippen LogP) is 1.21. The van der Waals surface area contributed by atoms with Gasteiger partial charge >= 0.3 is 0 Å². The Hall–Kier alpha value is -1.98. The van der Waals surface area contributed by atoms with Crippen molar-refractivity contribution < 1.29 is 9.59 Å². The third kappa shape index (κ3) is 3.27. The molecular weight excluding hydrogens is 244 g/mol. The number of amides is 2. The first kappa shape index (κ1) is 13.5. The summed E-state index contributed by atoms with van der Waals surface area (Å²) in [6.07, 6.45) is 7.43. The number of nitrogens with zero attached hydrogens (tertiary/aromatic N) is 3. The van der Waals surface area contributed by atoms with Crippen molar-refractivity contribution in [1.29, 1.82) is 0 Å². The van der Waals surface area contributed by atoms with Crippen molar-refractivity contribution in [3.63, 3.8) is 0 Å². The molecule has 1 atom stereocenters. The number of nitrogens with one attached hydrogen (secondary N) is 1. The molecule has 1 N–H and O–H groups in total. The van der Waals surface area contributed by atoms with Crippen LogP contribution in [0, 0.1) is 0 Å². The van der Waals surface area contributed by atoms with Gasteiger partial charge in [-0.05, 0) is 19.3 Å². The topological polar surface area (TPSA) is 75.2 Å². The summed E-state index contributed by atoms with van der Waals surface area (Å²) in [6, 6.07) is -0.374. The number of likely N-dealkylation sites (tertiary alicyclic amines) is 1. The van der Waals surface area contributed by atoms with Crippen LogP contribution >= 0.6 is 0 Å². The molecule has 2 rings (SSSR count). The number of anilines is 1. The molecule has 1 aliphatic rings. The highest BCUT2D eigenvalue weighted by Crippen LogP contribution is 2.20. The second-order valence-electron chi connectivity index (χ2n) is 4.58. The molecule has 1 aromatic rings. The van der Waals surface area contributed by atoms with Crippen LogP contribution in [0.15, 0.2) is 18.6 Å². The van der Waals surface area contributed by atoms with Gasteiger partial charge in [-0.2, -0.15) is 0 Å². The van der Waals surface area contributed by atoms with Crippen molar-refractivity contribution in [3.8, 4) is 0 Å². The molecule has 1 fully saturated rings. The minimum atomic E-state index is -0.374. The van der Waals surface area contributed by atoms with Crippen LogP contribution in [-0.2, 0) is 9.59 Å². The summed E-state index contributed by atoms with van der Waals surface area (Å²) in [5, 5.41) is 2.70. The number of carbonyl (C=O) groups is 2. The summed E-state index contributed by atoms with van der Waals surface area (Å²) < 4.78 is 0. The van der Waals surface area contributed by atoms with E-state index in [1.54, 1.807) is 11.1 Å². The Morgan fingerprint density at radius 1 is 1.47 bits per heavy atom. The highest BCUT2D eigenvalue weighted by atomic mass is 16.2. The van der Waals surface area contributed by atoms with Gasteiger partial charge in [0.05, 0.1) is 6.20 Å². The maximum Gasteiger partial charge on any atom is 0.248 e. The van der Waals surface area contributed by atoms with Gasteiger partial charge in [-0.3, -0.25) is 14.6 Å². The summed E-state index contributed by atoms with van der Waals surface area (Å²) in [7, 11) is 0. The molecule has 1 saturated heterocycles. The maximum absolute atomic E-state index is 12.2. The van der Waals surface area contributed by atoms with Gasteiger partial charge < -0.3 is 10.2 Å². The fourth-order valence-corrected chi connectivity index (χ4v) is 2.27. The zero-order valence-corrected chi connectivity index (χ0v) is 11.0. The largest absolute Gasteiger partial charge is 0.331 e. The third-order valence-electron chi connectivity index (χ3n) is 3.15.